The van der Waals surface area contributed by atoms with Gasteiger partial charge < -0.3 is 18.9 Å². The van der Waals surface area contributed by atoms with Crippen molar-refractivity contribution in [2.75, 3.05) is 47.5 Å². The van der Waals surface area contributed by atoms with E-state index < -0.39 is 20.1 Å². The Bertz CT molecular complexity index is 569. The summed E-state index contributed by atoms with van der Waals surface area (Å²) < 4.78 is 33.2. The van der Waals surface area contributed by atoms with Crippen molar-refractivity contribution in [2.24, 2.45) is 0 Å². The number of likely N-dealkylation sites (N-methyl/N-ethyl adjacent to an activating group) is 1. The quantitative estimate of drug-likeness (QED) is 0.0417. The third-order valence-electron chi connectivity index (χ3n) is 5.99. The fraction of sp³-hybridized carbons (Fsp3) is 0.963. The van der Waals surface area contributed by atoms with E-state index in [4.69, 9.17) is 18.5 Å². The molecule has 0 saturated heterocycles. The lowest BCUT2D eigenvalue weighted by atomic mass is 10.0. The van der Waals surface area contributed by atoms with Crippen molar-refractivity contribution in [2.45, 2.75) is 123 Å². The number of rotatable bonds is 26. The summed E-state index contributed by atoms with van der Waals surface area (Å²) in [5.41, 5.74) is 0. The summed E-state index contributed by atoms with van der Waals surface area (Å²) in [7, 11) is 1.63. The Morgan fingerprint density at radius 3 is 1.61 bits per heavy atom. The summed E-state index contributed by atoms with van der Waals surface area (Å²) in [6.45, 7) is 4.21. The number of unbranched alkanes of at least 4 members (excludes halogenated alkanes) is 15. The Balaban J connectivity index is 3.74. The molecule has 2 atom stereocenters. The van der Waals surface area contributed by atoms with Crippen LogP contribution in [0.5, 0.6) is 0 Å². The Morgan fingerprint density at radius 2 is 1.19 bits per heavy atom. The summed E-state index contributed by atoms with van der Waals surface area (Å²) in [4.78, 5) is 21.1. The van der Waals surface area contributed by atoms with E-state index in [1.54, 1.807) is 0 Å². The first-order chi connectivity index (χ1) is 17.1. The highest BCUT2D eigenvalue weighted by Crippen LogP contribution is 2.43. The van der Waals surface area contributed by atoms with Crippen molar-refractivity contribution in [3.63, 3.8) is 0 Å². The van der Waals surface area contributed by atoms with Crippen LogP contribution in [-0.2, 0) is 27.9 Å². The van der Waals surface area contributed by atoms with Gasteiger partial charge in [-0.3, -0.25) is 13.8 Å². The summed E-state index contributed by atoms with van der Waals surface area (Å²) in [6.07, 6.45) is 19.7. The zero-order chi connectivity index (χ0) is 27.1. The molecule has 0 radical (unpaired) electrons. The van der Waals surface area contributed by atoms with Crippen LogP contribution in [0.1, 0.15) is 117 Å². The number of nitrogens with zero attached hydrogens (tertiary/aromatic N) is 1. The molecule has 0 bridgehead atoms. The highest BCUT2D eigenvalue weighted by molar-refractivity contribution is 7.47. The monoisotopic (exact) mass is 538 g/mol. The average Bonchev–Trinajstić information content (AvgIpc) is 2.78. The Kier molecular flexibility index (Phi) is 22.2. The normalized spacial score (nSPS) is 14.5. The zero-order valence-electron chi connectivity index (χ0n) is 24.0. The first-order valence-corrected chi connectivity index (χ1v) is 15.8. The average molecular weight is 539 g/mol. The van der Waals surface area contributed by atoms with Crippen LogP contribution in [0.4, 0.5) is 0 Å². The zero-order valence-corrected chi connectivity index (χ0v) is 24.9. The van der Waals surface area contributed by atoms with Crippen molar-refractivity contribution in [3.05, 3.63) is 0 Å². The van der Waals surface area contributed by atoms with E-state index in [0.29, 0.717) is 17.6 Å². The van der Waals surface area contributed by atoms with Crippen molar-refractivity contribution in [1.29, 1.82) is 0 Å². The molecule has 0 fully saturated rings. The van der Waals surface area contributed by atoms with Gasteiger partial charge in [0.2, 0.25) is 6.29 Å². The van der Waals surface area contributed by atoms with Crippen LogP contribution in [-0.4, -0.2) is 69.1 Å². The second kappa shape index (κ2) is 22.5. The van der Waals surface area contributed by atoms with E-state index in [0.717, 1.165) is 19.3 Å². The number of carbonyl (C=O) groups excluding carboxylic acids is 1. The van der Waals surface area contributed by atoms with E-state index in [-0.39, 0.29) is 13.2 Å². The molecule has 9 heteroatoms. The van der Waals surface area contributed by atoms with Gasteiger partial charge in [0.1, 0.15) is 19.8 Å². The van der Waals surface area contributed by atoms with Crippen molar-refractivity contribution < 1.29 is 37.3 Å². The van der Waals surface area contributed by atoms with Crippen LogP contribution in [0.15, 0.2) is 0 Å². The van der Waals surface area contributed by atoms with Gasteiger partial charge in [-0.2, -0.15) is 0 Å². The van der Waals surface area contributed by atoms with Gasteiger partial charge in [0, 0.05) is 6.92 Å². The van der Waals surface area contributed by atoms with Gasteiger partial charge in [0.05, 0.1) is 27.7 Å². The second-order valence-corrected chi connectivity index (χ2v) is 12.3. The number of phosphoric acid groups is 1. The Morgan fingerprint density at radius 1 is 0.750 bits per heavy atom. The van der Waals surface area contributed by atoms with E-state index in [9.17, 15) is 14.3 Å². The van der Waals surface area contributed by atoms with Crippen LogP contribution >= 0.6 is 7.82 Å². The summed E-state index contributed by atoms with van der Waals surface area (Å²) >= 11 is 0. The van der Waals surface area contributed by atoms with Gasteiger partial charge >= 0.3 is 13.8 Å². The minimum atomic E-state index is -4.23. The minimum Gasteiger partial charge on any atom is -0.433 e. The topological polar surface area (TPSA) is 91.3 Å². The number of hydrogen-bond donors (Lipinski definition) is 1. The summed E-state index contributed by atoms with van der Waals surface area (Å²) in [6, 6.07) is 0. The maximum absolute atomic E-state index is 12.0. The predicted molar refractivity (Wildman–Crippen MR) is 146 cm³/mol. The molecule has 1 N–H and O–H groups in total. The van der Waals surface area contributed by atoms with Crippen molar-refractivity contribution >= 4 is 13.8 Å². The van der Waals surface area contributed by atoms with Gasteiger partial charge in [0.25, 0.3) is 0 Å². The van der Waals surface area contributed by atoms with Crippen LogP contribution < -0.4 is 0 Å². The predicted octanol–water partition coefficient (Wildman–Crippen LogP) is 6.99. The van der Waals surface area contributed by atoms with Gasteiger partial charge in [-0.05, 0) is 6.42 Å². The standard InChI is InChI=1S/C27H56NO7P/c1-6-7-8-9-10-11-12-13-14-15-16-17-18-19-20-21-23-32-27(35-26(2)29)25-34-36(30,31)33-24-22-28(3,4)5/h27H,6-25H2,1-5H3/p+1/t27-/m0/s1. The molecule has 0 aliphatic heterocycles. The molecule has 36 heavy (non-hydrogen) atoms. The van der Waals surface area contributed by atoms with Crippen molar-refractivity contribution in [1.82, 2.24) is 0 Å². The Labute approximate surface area is 221 Å². The minimum absolute atomic E-state index is 0.0789. The number of carbonyl (C=O) groups is 1. The lowest BCUT2D eigenvalue weighted by molar-refractivity contribution is -0.870. The molecular formula is C27H57NO7P+. The summed E-state index contributed by atoms with van der Waals surface area (Å²) in [5, 5.41) is 0. The molecule has 0 amide bonds. The number of esters is 1. The third-order valence-corrected chi connectivity index (χ3v) is 6.97. The molecule has 0 aliphatic carbocycles. The van der Waals surface area contributed by atoms with Crippen LogP contribution in [0.2, 0.25) is 0 Å². The molecular weight excluding hydrogens is 481 g/mol. The largest absolute Gasteiger partial charge is 0.472 e. The molecule has 0 aliphatic rings. The van der Waals surface area contributed by atoms with E-state index >= 15 is 0 Å². The van der Waals surface area contributed by atoms with E-state index in [1.165, 1.54) is 90.4 Å². The van der Waals surface area contributed by atoms with Crippen LogP contribution in [0.25, 0.3) is 0 Å². The highest BCUT2D eigenvalue weighted by atomic mass is 31.2. The molecule has 0 saturated carbocycles. The molecule has 0 aromatic heterocycles. The van der Waals surface area contributed by atoms with Crippen molar-refractivity contribution in [3.8, 4) is 0 Å². The highest BCUT2D eigenvalue weighted by Gasteiger charge is 2.26. The maximum atomic E-state index is 12.0. The number of quaternary nitrogens is 1. The molecule has 0 heterocycles. The summed E-state index contributed by atoms with van der Waals surface area (Å²) in [5.74, 6) is -0.533. The molecule has 8 nitrogen and oxygen atoms in total. The second-order valence-electron chi connectivity index (χ2n) is 10.8. The molecule has 1 unspecified atom stereocenters. The number of ether oxygens (including phenoxy) is 2. The SMILES string of the molecule is CCCCCCCCCCCCCCCCCCO[C@H](COP(=O)(O)OCC[N+](C)(C)C)OC(C)=O. The van der Waals surface area contributed by atoms with Gasteiger partial charge in [-0.1, -0.05) is 103 Å². The van der Waals surface area contributed by atoms with E-state index in [1.807, 2.05) is 21.1 Å². The molecule has 0 rings (SSSR count). The van der Waals surface area contributed by atoms with Crippen LogP contribution in [0, 0.1) is 0 Å². The first kappa shape index (κ1) is 35.5. The van der Waals surface area contributed by atoms with Gasteiger partial charge in [0.15, 0.2) is 0 Å². The number of phosphoric ester groups is 1. The van der Waals surface area contributed by atoms with Gasteiger partial charge in [-0.25, -0.2) is 4.57 Å². The van der Waals surface area contributed by atoms with Crippen LogP contribution in [0.3, 0.4) is 0 Å². The lowest BCUT2D eigenvalue weighted by Crippen LogP contribution is -2.37. The first-order valence-electron chi connectivity index (χ1n) is 14.3. The smallest absolute Gasteiger partial charge is 0.433 e. The Hall–Kier alpha value is -0.500. The van der Waals surface area contributed by atoms with Gasteiger partial charge in [-0.15, -0.1) is 0 Å². The lowest BCUT2D eigenvalue weighted by Gasteiger charge is -2.24. The third kappa shape index (κ3) is 26.6. The fourth-order valence-electron chi connectivity index (χ4n) is 3.79. The van der Waals surface area contributed by atoms with E-state index in [2.05, 4.69) is 6.92 Å². The molecule has 0 spiro atoms. The maximum Gasteiger partial charge on any atom is 0.472 e. The molecule has 0 aromatic carbocycles. The molecule has 216 valence electrons. The molecule has 0 aromatic rings. The number of hydrogen-bond acceptors (Lipinski definition) is 6. The fourth-order valence-corrected chi connectivity index (χ4v) is 4.49.